The summed E-state index contributed by atoms with van der Waals surface area (Å²) in [5.41, 5.74) is 5.62. The summed E-state index contributed by atoms with van der Waals surface area (Å²) in [4.78, 5) is 11.7. The van der Waals surface area contributed by atoms with Gasteiger partial charge in [-0.15, -0.1) is 12.4 Å². The molecule has 1 saturated heterocycles. The highest BCUT2D eigenvalue weighted by Gasteiger charge is 2.31. The van der Waals surface area contributed by atoms with Crippen molar-refractivity contribution in [1.82, 2.24) is 0 Å². The Morgan fingerprint density at radius 1 is 1.42 bits per heavy atom. The summed E-state index contributed by atoms with van der Waals surface area (Å²) in [7, 11) is -3.00. The van der Waals surface area contributed by atoms with E-state index in [1.54, 1.807) is 0 Å². The van der Waals surface area contributed by atoms with Crippen molar-refractivity contribution in [3.8, 4) is 0 Å². The van der Waals surface area contributed by atoms with E-state index in [0.29, 0.717) is 18.9 Å². The number of carbonyl (C=O) groups excluding carboxylic acids is 1. The van der Waals surface area contributed by atoms with Crippen LogP contribution in [0.25, 0.3) is 0 Å². The molecule has 0 spiro atoms. The summed E-state index contributed by atoms with van der Waals surface area (Å²) < 4.78 is 27.7. The highest BCUT2D eigenvalue weighted by atomic mass is 35.5. The number of nitrogens with two attached hydrogens (primary N) is 1. The molecule has 0 aromatic rings. The molecule has 2 N–H and O–H groups in total. The largest absolute Gasteiger partial charge is 0.461 e. The van der Waals surface area contributed by atoms with Crippen LogP contribution in [0.4, 0.5) is 0 Å². The average molecular weight is 314 g/mol. The number of esters is 1. The Hall–Kier alpha value is -0.330. The van der Waals surface area contributed by atoms with Gasteiger partial charge in [0.25, 0.3) is 0 Å². The minimum Gasteiger partial charge on any atom is -0.461 e. The third-order valence-electron chi connectivity index (χ3n) is 3.08. The van der Waals surface area contributed by atoms with Crippen molar-refractivity contribution in [1.29, 1.82) is 0 Å². The Labute approximate surface area is 121 Å². The monoisotopic (exact) mass is 313 g/mol. The number of hydrogen-bond acceptors (Lipinski definition) is 5. The first-order valence-corrected chi connectivity index (χ1v) is 8.24. The van der Waals surface area contributed by atoms with Crippen molar-refractivity contribution in [2.75, 3.05) is 18.1 Å². The molecule has 2 atom stereocenters. The highest BCUT2D eigenvalue weighted by molar-refractivity contribution is 7.91. The normalized spacial score (nSPS) is 22.8. The lowest BCUT2D eigenvalue weighted by Crippen LogP contribution is -2.25. The summed E-state index contributed by atoms with van der Waals surface area (Å²) >= 11 is 0. The second kappa shape index (κ2) is 8.07. The van der Waals surface area contributed by atoms with Crippen LogP contribution in [0.2, 0.25) is 0 Å². The van der Waals surface area contributed by atoms with Gasteiger partial charge in [-0.25, -0.2) is 8.42 Å². The van der Waals surface area contributed by atoms with Crippen molar-refractivity contribution in [3.05, 3.63) is 0 Å². The van der Waals surface area contributed by atoms with E-state index in [1.807, 2.05) is 0 Å². The molecular formula is C12H24ClNO4S. The molecule has 0 saturated carbocycles. The zero-order valence-electron chi connectivity index (χ0n) is 11.5. The molecule has 5 nitrogen and oxygen atoms in total. The molecule has 0 aromatic carbocycles. The van der Waals surface area contributed by atoms with Crippen LogP contribution in [-0.4, -0.2) is 38.5 Å². The van der Waals surface area contributed by atoms with Crippen LogP contribution in [0.5, 0.6) is 0 Å². The molecular weight excluding hydrogens is 290 g/mol. The average Bonchev–Trinajstić information content (AvgIpc) is 2.56. The lowest BCUT2D eigenvalue weighted by atomic mass is 9.94. The number of carbonyl (C=O) groups is 1. The zero-order chi connectivity index (χ0) is 13.8. The standard InChI is InChI=1S/C12H23NO4S.ClH/c1-9(2)5-10(7-13)6-12(14)17-11-3-4-18(15,16)8-11;/h9-11H,3-8,13H2,1-2H3;1H/t10-,11?;/m0./s1. The number of ether oxygens (including phenoxy) is 1. The summed E-state index contributed by atoms with van der Waals surface area (Å²) in [5, 5.41) is 0. The maximum atomic E-state index is 11.7. The summed E-state index contributed by atoms with van der Waals surface area (Å²) in [6.45, 7) is 4.62. The molecule has 0 radical (unpaired) electrons. The lowest BCUT2D eigenvalue weighted by molar-refractivity contribution is -0.149. The third-order valence-corrected chi connectivity index (χ3v) is 4.82. The van der Waals surface area contributed by atoms with Gasteiger partial charge in [0.2, 0.25) is 0 Å². The van der Waals surface area contributed by atoms with Gasteiger partial charge in [-0.3, -0.25) is 4.79 Å². The second-order valence-electron chi connectivity index (χ2n) is 5.45. The molecule has 0 aromatic heterocycles. The first kappa shape index (κ1) is 18.7. The summed E-state index contributed by atoms with van der Waals surface area (Å²) in [6.07, 6.45) is 1.13. The van der Waals surface area contributed by atoms with Crippen LogP contribution in [0.3, 0.4) is 0 Å². The summed E-state index contributed by atoms with van der Waals surface area (Å²) in [6, 6.07) is 0. The van der Waals surface area contributed by atoms with E-state index in [9.17, 15) is 13.2 Å². The molecule has 114 valence electrons. The molecule has 1 aliphatic heterocycles. The molecule has 0 bridgehead atoms. The van der Waals surface area contributed by atoms with Crippen LogP contribution < -0.4 is 5.73 Å². The predicted octanol–water partition coefficient (Wildman–Crippen LogP) is 1.15. The van der Waals surface area contributed by atoms with Crippen molar-refractivity contribution in [3.63, 3.8) is 0 Å². The highest BCUT2D eigenvalue weighted by Crippen LogP contribution is 2.19. The molecule has 19 heavy (non-hydrogen) atoms. The van der Waals surface area contributed by atoms with Gasteiger partial charge in [-0.1, -0.05) is 13.8 Å². The van der Waals surface area contributed by atoms with Gasteiger partial charge in [0.1, 0.15) is 6.10 Å². The van der Waals surface area contributed by atoms with Gasteiger partial charge in [0.05, 0.1) is 11.5 Å². The fourth-order valence-electron chi connectivity index (χ4n) is 2.25. The van der Waals surface area contributed by atoms with Crippen LogP contribution >= 0.6 is 12.4 Å². The minimum atomic E-state index is -3.00. The number of rotatable bonds is 6. The Bertz CT molecular complexity index is 383. The lowest BCUT2D eigenvalue weighted by Gasteiger charge is -2.17. The molecule has 7 heteroatoms. The molecule has 1 fully saturated rings. The SMILES string of the molecule is CC(C)C[C@H](CN)CC(=O)OC1CCS(=O)(=O)C1.Cl. The van der Waals surface area contributed by atoms with Gasteiger partial charge in [-0.05, 0) is 31.2 Å². The quantitative estimate of drug-likeness (QED) is 0.743. The van der Waals surface area contributed by atoms with E-state index in [0.717, 1.165) is 6.42 Å². The third kappa shape index (κ3) is 7.13. The van der Waals surface area contributed by atoms with Gasteiger partial charge < -0.3 is 10.5 Å². The van der Waals surface area contributed by atoms with E-state index < -0.39 is 15.9 Å². The number of halogens is 1. The maximum absolute atomic E-state index is 11.7. The van der Waals surface area contributed by atoms with Gasteiger partial charge in [0.15, 0.2) is 9.84 Å². The Morgan fingerprint density at radius 2 is 2.05 bits per heavy atom. The Balaban J connectivity index is 0.00000324. The maximum Gasteiger partial charge on any atom is 0.306 e. The first-order chi connectivity index (χ1) is 8.32. The Morgan fingerprint density at radius 3 is 2.47 bits per heavy atom. The van der Waals surface area contributed by atoms with E-state index in [2.05, 4.69) is 13.8 Å². The summed E-state index contributed by atoms with van der Waals surface area (Å²) in [5.74, 6) is 0.370. The topological polar surface area (TPSA) is 86.5 Å². The molecule has 1 heterocycles. The van der Waals surface area contributed by atoms with E-state index >= 15 is 0 Å². The van der Waals surface area contributed by atoms with Crippen molar-refractivity contribution in [2.24, 2.45) is 17.6 Å². The van der Waals surface area contributed by atoms with Crippen LogP contribution in [-0.2, 0) is 19.4 Å². The van der Waals surface area contributed by atoms with E-state index in [-0.39, 0.29) is 42.2 Å². The second-order valence-corrected chi connectivity index (χ2v) is 7.68. The molecule has 0 amide bonds. The van der Waals surface area contributed by atoms with E-state index in [1.165, 1.54) is 0 Å². The van der Waals surface area contributed by atoms with Gasteiger partial charge >= 0.3 is 5.97 Å². The Kier molecular flexibility index (Phi) is 7.93. The van der Waals surface area contributed by atoms with E-state index in [4.69, 9.17) is 10.5 Å². The predicted molar refractivity (Wildman–Crippen MR) is 77.0 cm³/mol. The van der Waals surface area contributed by atoms with Crippen LogP contribution in [0.1, 0.15) is 33.1 Å². The van der Waals surface area contributed by atoms with Gasteiger partial charge in [-0.2, -0.15) is 0 Å². The fraction of sp³-hybridized carbons (Fsp3) is 0.917. The smallest absolute Gasteiger partial charge is 0.306 e. The fourth-order valence-corrected chi connectivity index (χ4v) is 3.84. The number of sulfone groups is 1. The van der Waals surface area contributed by atoms with Crippen molar-refractivity contribution < 1.29 is 17.9 Å². The van der Waals surface area contributed by atoms with Crippen LogP contribution in [0.15, 0.2) is 0 Å². The van der Waals surface area contributed by atoms with Crippen molar-refractivity contribution >= 4 is 28.2 Å². The molecule has 0 aliphatic carbocycles. The number of hydrogen-bond donors (Lipinski definition) is 1. The zero-order valence-corrected chi connectivity index (χ0v) is 13.1. The molecule has 1 rings (SSSR count). The molecule has 1 aliphatic rings. The van der Waals surface area contributed by atoms with Gasteiger partial charge in [0, 0.05) is 6.42 Å². The first-order valence-electron chi connectivity index (χ1n) is 6.42. The molecule has 1 unspecified atom stereocenters. The van der Waals surface area contributed by atoms with Crippen molar-refractivity contribution in [2.45, 2.75) is 39.2 Å². The van der Waals surface area contributed by atoms with Crippen LogP contribution in [0, 0.1) is 11.8 Å². The minimum absolute atomic E-state index is 0.